The summed E-state index contributed by atoms with van der Waals surface area (Å²) in [6.45, 7) is 2.09. The van der Waals surface area contributed by atoms with E-state index in [9.17, 15) is 0 Å². The molecule has 2 aliphatic rings. The predicted octanol–water partition coefficient (Wildman–Crippen LogP) is 2.29. The van der Waals surface area contributed by atoms with Gasteiger partial charge in [-0.1, -0.05) is 23.7 Å². The molecule has 2 aromatic rings. The number of aliphatic imine (C=N–C) groups is 1. The minimum absolute atomic E-state index is 0.170. The molecule has 150 valence electrons. The Hall–Kier alpha value is -2.12. The number of nitrogens with one attached hydrogen (secondary N) is 2. The van der Waals surface area contributed by atoms with Crippen molar-refractivity contribution in [1.82, 2.24) is 25.4 Å². The quantitative estimate of drug-likeness (QED) is 0.572. The van der Waals surface area contributed by atoms with E-state index in [4.69, 9.17) is 16.3 Å². The van der Waals surface area contributed by atoms with Gasteiger partial charge in [0.05, 0.1) is 6.54 Å². The van der Waals surface area contributed by atoms with E-state index in [-0.39, 0.29) is 11.5 Å². The summed E-state index contributed by atoms with van der Waals surface area (Å²) in [5.74, 6) is 2.61. The van der Waals surface area contributed by atoms with E-state index < -0.39 is 0 Å². The lowest BCUT2D eigenvalue weighted by molar-refractivity contribution is 0.177. The third kappa shape index (κ3) is 4.15. The second-order valence-electron chi connectivity index (χ2n) is 7.66. The Morgan fingerprint density at radius 1 is 1.43 bits per heavy atom. The summed E-state index contributed by atoms with van der Waals surface area (Å²) >= 11 is 6.18. The molecule has 1 aliphatic carbocycles. The molecule has 1 fully saturated rings. The van der Waals surface area contributed by atoms with Crippen LogP contribution in [-0.4, -0.2) is 47.5 Å². The molecule has 0 amide bonds. The van der Waals surface area contributed by atoms with Crippen molar-refractivity contribution in [2.24, 2.45) is 4.99 Å². The average Bonchev–Trinajstić information content (AvgIpc) is 3.38. The summed E-state index contributed by atoms with van der Waals surface area (Å²) in [5, 5.41) is 12.4. The molecule has 28 heavy (non-hydrogen) atoms. The van der Waals surface area contributed by atoms with E-state index in [0.717, 1.165) is 48.6 Å². The molecular formula is C20H27ClN6O. The maximum Gasteiger partial charge on any atom is 0.191 e. The van der Waals surface area contributed by atoms with Crippen molar-refractivity contribution in [2.75, 3.05) is 20.7 Å². The van der Waals surface area contributed by atoms with Gasteiger partial charge < -0.3 is 15.4 Å². The fourth-order valence-corrected chi connectivity index (χ4v) is 4.04. The highest BCUT2D eigenvalue weighted by atomic mass is 35.5. The summed E-state index contributed by atoms with van der Waals surface area (Å²) in [7, 11) is 3.48. The molecule has 1 atom stereocenters. The van der Waals surface area contributed by atoms with Crippen LogP contribution in [0.15, 0.2) is 29.3 Å². The molecule has 0 spiro atoms. The topological polar surface area (TPSA) is 76.4 Å². The first-order valence-corrected chi connectivity index (χ1v) is 10.1. The van der Waals surface area contributed by atoms with Gasteiger partial charge in [-0.05, 0) is 37.0 Å². The van der Waals surface area contributed by atoms with E-state index in [2.05, 4.69) is 37.8 Å². The van der Waals surface area contributed by atoms with Gasteiger partial charge in [-0.15, -0.1) is 0 Å². The van der Waals surface area contributed by atoms with Crippen LogP contribution in [0.2, 0.25) is 5.02 Å². The standard InChI is InChI=1S/C20H27ClN6O/c1-22-19(23-13-20(8-9-20)14-4-3-5-15(21)10-14)24-16-6-7-18-25-17(12-28-2)26-27(18)11-16/h3-5,10,16H,6-9,11-13H2,1-2H3,(H2,22,23,24). The Labute approximate surface area is 170 Å². The SMILES string of the molecule is CN=C(NCC1(c2cccc(Cl)c2)CC1)NC1CCc2nc(COC)nn2C1. The molecule has 0 radical (unpaired) electrons. The van der Waals surface area contributed by atoms with Crippen LogP contribution in [-0.2, 0) is 29.7 Å². The molecular weight excluding hydrogens is 376 g/mol. The van der Waals surface area contributed by atoms with E-state index in [1.54, 1.807) is 7.11 Å². The molecule has 1 aromatic heterocycles. The first-order chi connectivity index (χ1) is 13.6. The number of methoxy groups -OCH3 is 1. The van der Waals surface area contributed by atoms with Gasteiger partial charge in [0.1, 0.15) is 12.4 Å². The molecule has 7 nitrogen and oxygen atoms in total. The maximum absolute atomic E-state index is 6.18. The fraction of sp³-hybridized carbons (Fsp3) is 0.550. The summed E-state index contributed by atoms with van der Waals surface area (Å²) in [4.78, 5) is 8.95. The number of ether oxygens (including phenoxy) is 1. The molecule has 1 aliphatic heterocycles. The summed E-state index contributed by atoms with van der Waals surface area (Å²) in [6, 6.07) is 8.48. The Morgan fingerprint density at radius 3 is 3.00 bits per heavy atom. The summed E-state index contributed by atoms with van der Waals surface area (Å²) < 4.78 is 7.12. The monoisotopic (exact) mass is 402 g/mol. The van der Waals surface area contributed by atoms with Crippen molar-refractivity contribution in [3.05, 3.63) is 46.5 Å². The van der Waals surface area contributed by atoms with Gasteiger partial charge in [0.15, 0.2) is 11.8 Å². The van der Waals surface area contributed by atoms with Crippen LogP contribution in [0.5, 0.6) is 0 Å². The lowest BCUT2D eigenvalue weighted by Gasteiger charge is -2.26. The zero-order chi connectivity index (χ0) is 19.6. The predicted molar refractivity (Wildman–Crippen MR) is 110 cm³/mol. The van der Waals surface area contributed by atoms with Crippen molar-refractivity contribution < 1.29 is 4.74 Å². The van der Waals surface area contributed by atoms with Crippen LogP contribution in [0.4, 0.5) is 0 Å². The number of aromatic nitrogens is 3. The molecule has 1 unspecified atom stereocenters. The first-order valence-electron chi connectivity index (χ1n) is 9.77. The zero-order valence-corrected chi connectivity index (χ0v) is 17.2. The lowest BCUT2D eigenvalue weighted by atomic mass is 9.96. The number of guanidine groups is 1. The smallest absolute Gasteiger partial charge is 0.191 e. The highest BCUT2D eigenvalue weighted by Gasteiger charge is 2.44. The van der Waals surface area contributed by atoms with Gasteiger partial charge in [-0.2, -0.15) is 5.10 Å². The highest BCUT2D eigenvalue weighted by Crippen LogP contribution is 2.48. The van der Waals surface area contributed by atoms with Gasteiger partial charge in [0.25, 0.3) is 0 Å². The van der Waals surface area contributed by atoms with Crippen molar-refractivity contribution >= 4 is 17.6 Å². The van der Waals surface area contributed by atoms with Crippen molar-refractivity contribution in [2.45, 2.75) is 50.3 Å². The second-order valence-corrected chi connectivity index (χ2v) is 8.09. The number of hydrogen-bond acceptors (Lipinski definition) is 4. The Balaban J connectivity index is 1.34. The molecule has 4 rings (SSSR count). The van der Waals surface area contributed by atoms with Crippen molar-refractivity contribution in [3.63, 3.8) is 0 Å². The molecule has 2 N–H and O–H groups in total. The third-order valence-corrected chi connectivity index (χ3v) is 5.86. The Kier molecular flexibility index (Phi) is 5.55. The van der Waals surface area contributed by atoms with Gasteiger partial charge in [-0.25, -0.2) is 9.67 Å². The summed E-state index contributed by atoms with van der Waals surface area (Å²) in [5.41, 5.74) is 1.47. The van der Waals surface area contributed by atoms with Crippen LogP contribution in [0.25, 0.3) is 0 Å². The number of rotatable bonds is 6. The molecule has 1 saturated carbocycles. The first kappa shape index (κ1) is 19.2. The largest absolute Gasteiger partial charge is 0.377 e. The van der Waals surface area contributed by atoms with Crippen LogP contribution in [0, 0.1) is 0 Å². The van der Waals surface area contributed by atoms with Crippen molar-refractivity contribution in [1.29, 1.82) is 0 Å². The molecule has 2 heterocycles. The number of hydrogen-bond donors (Lipinski definition) is 2. The minimum atomic E-state index is 0.170. The number of fused-ring (bicyclic) bond motifs is 1. The lowest BCUT2D eigenvalue weighted by Crippen LogP contribution is -2.48. The van der Waals surface area contributed by atoms with Gasteiger partial charge >= 0.3 is 0 Å². The second kappa shape index (κ2) is 8.09. The normalized spacial score (nSPS) is 20.5. The average molecular weight is 403 g/mol. The third-order valence-electron chi connectivity index (χ3n) is 5.62. The van der Waals surface area contributed by atoms with Gasteiger partial charge in [0.2, 0.25) is 0 Å². The molecule has 8 heteroatoms. The van der Waals surface area contributed by atoms with Crippen LogP contribution >= 0.6 is 11.6 Å². The van der Waals surface area contributed by atoms with E-state index >= 15 is 0 Å². The van der Waals surface area contributed by atoms with E-state index in [1.165, 1.54) is 18.4 Å². The molecule has 0 bridgehead atoms. The maximum atomic E-state index is 6.18. The van der Waals surface area contributed by atoms with E-state index in [1.807, 2.05) is 23.9 Å². The number of halogens is 1. The van der Waals surface area contributed by atoms with Crippen molar-refractivity contribution in [3.8, 4) is 0 Å². The van der Waals surface area contributed by atoms with Crippen LogP contribution in [0.3, 0.4) is 0 Å². The van der Waals surface area contributed by atoms with E-state index in [0.29, 0.717) is 6.61 Å². The Morgan fingerprint density at radius 2 is 2.29 bits per heavy atom. The number of nitrogens with zero attached hydrogens (tertiary/aromatic N) is 4. The molecule has 0 saturated heterocycles. The fourth-order valence-electron chi connectivity index (χ4n) is 3.85. The Bertz CT molecular complexity index is 860. The highest BCUT2D eigenvalue weighted by molar-refractivity contribution is 6.30. The minimum Gasteiger partial charge on any atom is -0.377 e. The van der Waals surface area contributed by atoms with Gasteiger partial charge in [-0.3, -0.25) is 4.99 Å². The molecule has 1 aromatic carbocycles. The van der Waals surface area contributed by atoms with Gasteiger partial charge in [0, 0.05) is 43.6 Å². The zero-order valence-electron chi connectivity index (χ0n) is 16.4. The van der Waals surface area contributed by atoms with Crippen LogP contribution < -0.4 is 10.6 Å². The van der Waals surface area contributed by atoms with Crippen LogP contribution in [0.1, 0.15) is 36.5 Å². The summed E-state index contributed by atoms with van der Waals surface area (Å²) in [6.07, 6.45) is 4.25. The number of benzene rings is 1. The number of aryl methyl sites for hydroxylation is 1.